The number of hydrazone groups is 1. The Bertz CT molecular complexity index is 797. The first kappa shape index (κ1) is 13.5. The first-order valence-electron chi connectivity index (χ1n) is 6.33. The number of rotatable bonds is 3. The van der Waals surface area contributed by atoms with Gasteiger partial charge in [0.25, 0.3) is 0 Å². The zero-order valence-electron chi connectivity index (χ0n) is 10.9. The molecule has 0 bridgehead atoms. The van der Waals surface area contributed by atoms with Gasteiger partial charge in [0.2, 0.25) is 0 Å². The Labute approximate surface area is 126 Å². The van der Waals surface area contributed by atoms with Crippen LogP contribution in [0.5, 0.6) is 0 Å². The van der Waals surface area contributed by atoms with Crippen LogP contribution in [0, 0.1) is 5.82 Å². The Morgan fingerprint density at radius 1 is 1.05 bits per heavy atom. The Morgan fingerprint density at radius 3 is 2.76 bits per heavy atom. The molecule has 0 fully saturated rings. The van der Waals surface area contributed by atoms with E-state index in [0.29, 0.717) is 10.8 Å². The summed E-state index contributed by atoms with van der Waals surface area (Å²) in [5.74, 6) is 0.164. The minimum absolute atomic E-state index is 0.243. The van der Waals surface area contributed by atoms with E-state index in [0.717, 1.165) is 10.9 Å². The number of hydrogen-bond acceptors (Lipinski definition) is 3. The summed E-state index contributed by atoms with van der Waals surface area (Å²) in [7, 11) is 0. The van der Waals surface area contributed by atoms with Crippen LogP contribution in [0.1, 0.15) is 5.56 Å². The summed E-state index contributed by atoms with van der Waals surface area (Å²) in [6, 6.07) is 16.0. The van der Waals surface area contributed by atoms with Gasteiger partial charge >= 0.3 is 0 Å². The van der Waals surface area contributed by atoms with Gasteiger partial charge in [-0.15, -0.1) is 0 Å². The third kappa shape index (κ3) is 3.01. The van der Waals surface area contributed by atoms with Crippen molar-refractivity contribution in [2.75, 3.05) is 5.43 Å². The summed E-state index contributed by atoms with van der Waals surface area (Å²) in [5, 5.41) is 5.34. The highest BCUT2D eigenvalue weighted by Crippen LogP contribution is 2.17. The van der Waals surface area contributed by atoms with E-state index in [2.05, 4.69) is 15.5 Å². The van der Waals surface area contributed by atoms with Crippen LogP contribution in [0.2, 0.25) is 5.02 Å². The van der Waals surface area contributed by atoms with Gasteiger partial charge < -0.3 is 0 Å². The highest BCUT2D eigenvalue weighted by Gasteiger charge is 2.03. The van der Waals surface area contributed by atoms with Crippen molar-refractivity contribution in [2.24, 2.45) is 5.10 Å². The molecule has 0 saturated carbocycles. The highest BCUT2D eigenvalue weighted by atomic mass is 35.5. The lowest BCUT2D eigenvalue weighted by Crippen LogP contribution is -1.96. The number of para-hydroxylation sites is 1. The summed E-state index contributed by atoms with van der Waals surface area (Å²) in [6.07, 6.45) is 1.34. The molecule has 0 aliphatic carbocycles. The summed E-state index contributed by atoms with van der Waals surface area (Å²) in [6.45, 7) is 0. The topological polar surface area (TPSA) is 37.3 Å². The molecule has 3 rings (SSSR count). The van der Waals surface area contributed by atoms with E-state index in [-0.39, 0.29) is 5.56 Å². The van der Waals surface area contributed by atoms with Crippen LogP contribution < -0.4 is 5.43 Å². The fourth-order valence-corrected chi connectivity index (χ4v) is 2.14. The van der Waals surface area contributed by atoms with Crippen molar-refractivity contribution in [3.05, 3.63) is 71.0 Å². The lowest BCUT2D eigenvalue weighted by Gasteiger charge is -2.02. The number of pyridine rings is 1. The molecule has 0 amide bonds. The molecule has 0 unspecified atom stereocenters. The van der Waals surface area contributed by atoms with Crippen LogP contribution >= 0.6 is 11.6 Å². The molecule has 0 aliphatic rings. The number of anilines is 1. The van der Waals surface area contributed by atoms with Gasteiger partial charge in [0, 0.05) is 10.9 Å². The second kappa shape index (κ2) is 5.89. The Balaban J connectivity index is 1.81. The van der Waals surface area contributed by atoms with Crippen LogP contribution in [0.3, 0.4) is 0 Å². The van der Waals surface area contributed by atoms with Gasteiger partial charge in [-0.1, -0.05) is 35.9 Å². The first-order chi connectivity index (χ1) is 10.2. The molecule has 1 heterocycles. The molecule has 0 spiro atoms. The van der Waals surface area contributed by atoms with Gasteiger partial charge in [0.05, 0.1) is 16.8 Å². The van der Waals surface area contributed by atoms with Gasteiger partial charge in [-0.2, -0.15) is 5.10 Å². The van der Waals surface area contributed by atoms with Crippen LogP contribution in [0.25, 0.3) is 10.9 Å². The molecule has 0 radical (unpaired) electrons. The smallest absolute Gasteiger partial charge is 0.146 e. The number of nitrogens with zero attached hydrogens (tertiary/aromatic N) is 2. The molecular formula is C16H11ClFN3. The maximum absolute atomic E-state index is 13.6. The largest absolute Gasteiger partial charge is 0.261 e. The Kier molecular flexibility index (Phi) is 3.79. The fraction of sp³-hybridized carbons (Fsp3) is 0. The van der Waals surface area contributed by atoms with Gasteiger partial charge in [0.1, 0.15) is 11.6 Å². The zero-order chi connectivity index (χ0) is 14.7. The summed E-state index contributed by atoms with van der Waals surface area (Å²) < 4.78 is 13.6. The minimum Gasteiger partial charge on any atom is -0.261 e. The van der Waals surface area contributed by atoms with Crippen molar-refractivity contribution in [1.82, 2.24) is 4.98 Å². The zero-order valence-corrected chi connectivity index (χ0v) is 11.7. The van der Waals surface area contributed by atoms with Crippen molar-refractivity contribution in [3.63, 3.8) is 0 Å². The van der Waals surface area contributed by atoms with Crippen LogP contribution in [-0.2, 0) is 0 Å². The average molecular weight is 300 g/mol. The predicted octanol–water partition coefficient (Wildman–Crippen LogP) is 4.47. The molecule has 104 valence electrons. The van der Waals surface area contributed by atoms with Gasteiger partial charge in [-0.25, -0.2) is 9.37 Å². The molecule has 1 N–H and O–H groups in total. The van der Waals surface area contributed by atoms with E-state index in [9.17, 15) is 4.39 Å². The number of benzene rings is 2. The molecule has 3 nitrogen and oxygen atoms in total. The number of aromatic nitrogens is 1. The van der Waals surface area contributed by atoms with Crippen molar-refractivity contribution >= 4 is 34.5 Å². The fourth-order valence-electron chi connectivity index (χ4n) is 1.93. The monoisotopic (exact) mass is 299 g/mol. The van der Waals surface area contributed by atoms with Crippen molar-refractivity contribution < 1.29 is 4.39 Å². The highest BCUT2D eigenvalue weighted by molar-refractivity contribution is 6.33. The van der Waals surface area contributed by atoms with Gasteiger partial charge in [-0.05, 0) is 30.3 Å². The molecule has 3 aromatic rings. The van der Waals surface area contributed by atoms with E-state index in [4.69, 9.17) is 11.6 Å². The van der Waals surface area contributed by atoms with E-state index in [1.165, 1.54) is 12.3 Å². The summed E-state index contributed by atoms with van der Waals surface area (Å²) >= 11 is 5.91. The van der Waals surface area contributed by atoms with E-state index >= 15 is 0 Å². The predicted molar refractivity (Wildman–Crippen MR) is 84.4 cm³/mol. The van der Waals surface area contributed by atoms with Crippen LogP contribution in [-0.4, -0.2) is 11.2 Å². The molecule has 1 aromatic heterocycles. The third-order valence-corrected chi connectivity index (χ3v) is 3.30. The van der Waals surface area contributed by atoms with Crippen molar-refractivity contribution in [1.29, 1.82) is 0 Å². The molecule has 0 saturated heterocycles. The molecule has 5 heteroatoms. The number of halogens is 2. The van der Waals surface area contributed by atoms with Gasteiger partial charge in [-0.3, -0.25) is 5.43 Å². The lowest BCUT2D eigenvalue weighted by atomic mass is 10.2. The normalized spacial score (nSPS) is 11.1. The molecule has 0 aliphatic heterocycles. The Morgan fingerprint density at radius 2 is 1.90 bits per heavy atom. The van der Waals surface area contributed by atoms with Crippen LogP contribution in [0.4, 0.5) is 10.2 Å². The average Bonchev–Trinajstić information content (AvgIpc) is 2.50. The van der Waals surface area contributed by atoms with E-state index < -0.39 is 5.82 Å². The molecule has 21 heavy (non-hydrogen) atoms. The Hall–Kier alpha value is -2.46. The number of fused-ring (bicyclic) bond motifs is 1. The number of nitrogens with one attached hydrogen (secondary N) is 1. The lowest BCUT2D eigenvalue weighted by molar-refractivity contribution is 0.626. The van der Waals surface area contributed by atoms with E-state index in [1.54, 1.807) is 12.1 Å². The number of hydrogen-bond donors (Lipinski definition) is 1. The summed E-state index contributed by atoms with van der Waals surface area (Å²) in [5.41, 5.74) is 3.88. The molecule has 0 atom stereocenters. The van der Waals surface area contributed by atoms with E-state index in [1.807, 2.05) is 36.4 Å². The summed E-state index contributed by atoms with van der Waals surface area (Å²) in [4.78, 5) is 4.40. The minimum atomic E-state index is -0.417. The molecular weight excluding hydrogens is 289 g/mol. The molecule has 2 aromatic carbocycles. The quantitative estimate of drug-likeness (QED) is 0.572. The maximum atomic E-state index is 13.6. The van der Waals surface area contributed by atoms with Crippen LogP contribution in [0.15, 0.2) is 59.7 Å². The maximum Gasteiger partial charge on any atom is 0.146 e. The second-order valence-corrected chi connectivity index (χ2v) is 4.80. The van der Waals surface area contributed by atoms with Crippen molar-refractivity contribution in [3.8, 4) is 0 Å². The SMILES string of the molecule is Fc1cccc(Cl)c1C=NNc1ccc2ccccc2n1. The second-order valence-electron chi connectivity index (χ2n) is 4.39. The van der Waals surface area contributed by atoms with Crippen molar-refractivity contribution in [2.45, 2.75) is 0 Å². The first-order valence-corrected chi connectivity index (χ1v) is 6.71. The standard InChI is InChI=1S/C16H11ClFN3/c17-13-5-3-6-14(18)12(13)10-19-21-16-9-8-11-4-1-2-7-15(11)20-16/h1-10H,(H,20,21). The van der Waals surface area contributed by atoms with Gasteiger partial charge in [0.15, 0.2) is 0 Å². The third-order valence-electron chi connectivity index (χ3n) is 2.97.